The first kappa shape index (κ1) is 15.8. The molecule has 130 valence electrons. The molecule has 1 N–H and O–H groups in total. The van der Waals surface area contributed by atoms with Crippen molar-refractivity contribution >= 4 is 5.69 Å². The van der Waals surface area contributed by atoms with Crippen LogP contribution in [0.2, 0.25) is 0 Å². The number of hydrogen-bond acceptors (Lipinski definition) is 5. The van der Waals surface area contributed by atoms with E-state index < -0.39 is 0 Å². The second-order valence-electron chi connectivity index (χ2n) is 6.60. The zero-order valence-electron chi connectivity index (χ0n) is 14.6. The van der Waals surface area contributed by atoms with Gasteiger partial charge in [0.25, 0.3) is 0 Å². The largest absolute Gasteiger partial charge is 0.367 e. The minimum absolute atomic E-state index is 0.474. The Balaban J connectivity index is 1.41. The number of rotatable bonds is 5. The minimum atomic E-state index is 0.474. The van der Waals surface area contributed by atoms with Crippen LogP contribution in [0, 0.1) is 0 Å². The highest BCUT2D eigenvalue weighted by molar-refractivity contribution is 5.61. The Hall–Kier alpha value is -2.67. The number of nitrogens with one attached hydrogen (secondary N) is 1. The van der Waals surface area contributed by atoms with Gasteiger partial charge in [0.05, 0.1) is 17.6 Å². The Morgan fingerprint density at radius 3 is 2.88 bits per heavy atom. The Bertz CT molecular complexity index is 836. The molecule has 0 amide bonds. The van der Waals surface area contributed by atoms with E-state index in [0.29, 0.717) is 6.04 Å². The average Bonchev–Trinajstić information content (AvgIpc) is 3.33. The van der Waals surface area contributed by atoms with Crippen molar-refractivity contribution in [2.24, 2.45) is 14.1 Å². The molecule has 1 fully saturated rings. The van der Waals surface area contributed by atoms with Crippen LogP contribution in [0.3, 0.4) is 0 Å². The standard InChI is InChI=1S/C18H23N7/c1-23-13-17(10-21-23)25-7-5-16(12-25)20-9-15-11-24(2)22-18(15)14-4-3-6-19-8-14/h3-4,6,8,10-11,13,16,20H,5,7,9,12H2,1-2H3. The molecule has 25 heavy (non-hydrogen) atoms. The lowest BCUT2D eigenvalue weighted by Crippen LogP contribution is -2.32. The molecule has 0 spiro atoms. The van der Waals surface area contributed by atoms with Crippen molar-refractivity contribution in [3.63, 3.8) is 0 Å². The van der Waals surface area contributed by atoms with Gasteiger partial charge in [-0.05, 0) is 18.6 Å². The molecule has 0 aromatic carbocycles. The van der Waals surface area contributed by atoms with Gasteiger partial charge in [-0.15, -0.1) is 0 Å². The van der Waals surface area contributed by atoms with Gasteiger partial charge in [-0.25, -0.2) is 0 Å². The number of hydrogen-bond donors (Lipinski definition) is 1. The van der Waals surface area contributed by atoms with E-state index in [-0.39, 0.29) is 0 Å². The second kappa shape index (κ2) is 6.68. The molecular weight excluding hydrogens is 314 g/mol. The molecule has 7 heteroatoms. The molecular formula is C18H23N7. The molecule has 1 aliphatic heterocycles. The Labute approximate surface area is 147 Å². The van der Waals surface area contributed by atoms with Gasteiger partial charge in [0.15, 0.2) is 0 Å². The van der Waals surface area contributed by atoms with Gasteiger partial charge in [-0.1, -0.05) is 0 Å². The molecule has 1 aliphatic rings. The van der Waals surface area contributed by atoms with Gasteiger partial charge in [0.1, 0.15) is 0 Å². The molecule has 1 unspecified atom stereocenters. The fourth-order valence-corrected chi connectivity index (χ4v) is 3.40. The predicted molar refractivity (Wildman–Crippen MR) is 97.1 cm³/mol. The normalized spacial score (nSPS) is 17.4. The van der Waals surface area contributed by atoms with E-state index in [4.69, 9.17) is 0 Å². The highest BCUT2D eigenvalue weighted by atomic mass is 15.3. The lowest BCUT2D eigenvalue weighted by atomic mass is 10.1. The van der Waals surface area contributed by atoms with Crippen LogP contribution in [0.4, 0.5) is 5.69 Å². The van der Waals surface area contributed by atoms with Crippen LogP contribution < -0.4 is 10.2 Å². The van der Waals surface area contributed by atoms with Crippen molar-refractivity contribution in [3.05, 3.63) is 48.7 Å². The highest BCUT2D eigenvalue weighted by Crippen LogP contribution is 2.22. The fourth-order valence-electron chi connectivity index (χ4n) is 3.40. The van der Waals surface area contributed by atoms with Gasteiger partial charge in [0, 0.05) is 75.7 Å². The van der Waals surface area contributed by atoms with Crippen molar-refractivity contribution in [3.8, 4) is 11.3 Å². The van der Waals surface area contributed by atoms with Gasteiger partial charge in [-0.2, -0.15) is 10.2 Å². The van der Waals surface area contributed by atoms with E-state index >= 15 is 0 Å². The number of aryl methyl sites for hydroxylation is 2. The van der Waals surface area contributed by atoms with Crippen LogP contribution in [0.5, 0.6) is 0 Å². The molecule has 4 heterocycles. The van der Waals surface area contributed by atoms with Crippen molar-refractivity contribution < 1.29 is 0 Å². The summed E-state index contributed by atoms with van der Waals surface area (Å²) in [5.74, 6) is 0. The maximum absolute atomic E-state index is 4.61. The SMILES string of the molecule is Cn1cc(N2CCC(NCc3cn(C)nc3-c3cccnc3)C2)cn1. The van der Waals surface area contributed by atoms with Crippen molar-refractivity contribution in [2.45, 2.75) is 19.0 Å². The predicted octanol–water partition coefficient (Wildman–Crippen LogP) is 1.58. The van der Waals surface area contributed by atoms with Crippen molar-refractivity contribution in [1.82, 2.24) is 29.9 Å². The molecule has 1 saturated heterocycles. The maximum atomic E-state index is 4.61. The smallest absolute Gasteiger partial charge is 0.0983 e. The maximum Gasteiger partial charge on any atom is 0.0983 e. The number of anilines is 1. The monoisotopic (exact) mass is 337 g/mol. The van der Waals surface area contributed by atoms with E-state index in [1.54, 1.807) is 6.20 Å². The summed E-state index contributed by atoms with van der Waals surface area (Å²) >= 11 is 0. The summed E-state index contributed by atoms with van der Waals surface area (Å²) in [5, 5.41) is 12.6. The average molecular weight is 337 g/mol. The summed E-state index contributed by atoms with van der Waals surface area (Å²) in [4.78, 5) is 6.60. The molecule has 1 atom stereocenters. The zero-order chi connectivity index (χ0) is 17.2. The van der Waals surface area contributed by atoms with Crippen molar-refractivity contribution in [2.75, 3.05) is 18.0 Å². The molecule has 4 rings (SSSR count). The van der Waals surface area contributed by atoms with Crippen LogP contribution in [-0.4, -0.2) is 43.7 Å². The molecule has 3 aromatic heterocycles. The first-order valence-electron chi connectivity index (χ1n) is 8.59. The Morgan fingerprint density at radius 2 is 2.12 bits per heavy atom. The summed E-state index contributed by atoms with van der Waals surface area (Å²) in [6.45, 7) is 2.88. The van der Waals surface area contributed by atoms with Crippen LogP contribution in [0.15, 0.2) is 43.1 Å². The van der Waals surface area contributed by atoms with E-state index in [1.807, 2.05) is 41.9 Å². The number of nitrogens with zero attached hydrogens (tertiary/aromatic N) is 6. The molecule has 7 nitrogen and oxygen atoms in total. The zero-order valence-corrected chi connectivity index (χ0v) is 14.6. The summed E-state index contributed by atoms with van der Waals surface area (Å²) in [6, 6.07) is 4.48. The topological polar surface area (TPSA) is 63.8 Å². The Kier molecular flexibility index (Phi) is 4.23. The quantitative estimate of drug-likeness (QED) is 0.766. The molecule has 3 aromatic rings. The van der Waals surface area contributed by atoms with Gasteiger partial charge in [-0.3, -0.25) is 14.3 Å². The third-order valence-corrected chi connectivity index (χ3v) is 4.67. The summed E-state index contributed by atoms with van der Waals surface area (Å²) < 4.78 is 3.72. The second-order valence-corrected chi connectivity index (χ2v) is 6.60. The highest BCUT2D eigenvalue weighted by Gasteiger charge is 2.23. The van der Waals surface area contributed by atoms with E-state index in [2.05, 4.69) is 43.9 Å². The molecule has 0 saturated carbocycles. The van der Waals surface area contributed by atoms with Crippen LogP contribution in [-0.2, 0) is 20.6 Å². The number of aromatic nitrogens is 5. The molecule has 0 aliphatic carbocycles. The first-order valence-corrected chi connectivity index (χ1v) is 8.59. The van der Waals surface area contributed by atoms with Crippen LogP contribution in [0.25, 0.3) is 11.3 Å². The molecule has 0 radical (unpaired) electrons. The van der Waals surface area contributed by atoms with Crippen LogP contribution >= 0.6 is 0 Å². The number of pyridine rings is 1. The van der Waals surface area contributed by atoms with E-state index in [9.17, 15) is 0 Å². The third-order valence-electron chi connectivity index (χ3n) is 4.67. The fraction of sp³-hybridized carbons (Fsp3) is 0.389. The minimum Gasteiger partial charge on any atom is -0.367 e. The summed E-state index contributed by atoms with van der Waals surface area (Å²) in [5.41, 5.74) is 4.47. The lowest BCUT2D eigenvalue weighted by Gasteiger charge is -2.16. The van der Waals surface area contributed by atoms with Gasteiger partial charge < -0.3 is 10.2 Å². The first-order chi connectivity index (χ1) is 12.2. The van der Waals surface area contributed by atoms with Gasteiger partial charge in [0.2, 0.25) is 0 Å². The van der Waals surface area contributed by atoms with Crippen LogP contribution in [0.1, 0.15) is 12.0 Å². The lowest BCUT2D eigenvalue weighted by molar-refractivity contribution is 0.551. The Morgan fingerprint density at radius 1 is 1.20 bits per heavy atom. The molecule has 0 bridgehead atoms. The summed E-state index contributed by atoms with van der Waals surface area (Å²) in [7, 11) is 3.92. The van der Waals surface area contributed by atoms with Crippen molar-refractivity contribution in [1.29, 1.82) is 0 Å². The summed E-state index contributed by atoms with van der Waals surface area (Å²) in [6.07, 6.45) is 10.9. The van der Waals surface area contributed by atoms with Gasteiger partial charge >= 0.3 is 0 Å². The third kappa shape index (κ3) is 3.41. The van der Waals surface area contributed by atoms with E-state index in [0.717, 1.165) is 37.3 Å². The van der Waals surface area contributed by atoms with E-state index in [1.165, 1.54) is 11.3 Å².